The van der Waals surface area contributed by atoms with Crippen LogP contribution in [0.15, 0.2) is 4.99 Å². The molecule has 1 saturated heterocycles. The van der Waals surface area contributed by atoms with Crippen molar-refractivity contribution in [2.45, 2.75) is 42.4 Å². The van der Waals surface area contributed by atoms with Gasteiger partial charge in [0.15, 0.2) is 11.3 Å². The highest BCUT2D eigenvalue weighted by Gasteiger charge is 2.52. The van der Waals surface area contributed by atoms with Gasteiger partial charge in [-0.05, 0) is 0 Å². The van der Waals surface area contributed by atoms with E-state index in [1.165, 1.54) is 11.8 Å². The number of amidine groups is 1. The minimum atomic E-state index is -4.81. The second-order valence-corrected chi connectivity index (χ2v) is 5.82. The Morgan fingerprint density at radius 3 is 2.63 bits per heavy atom. The van der Waals surface area contributed by atoms with Crippen LogP contribution in [0, 0.1) is 0 Å². The van der Waals surface area contributed by atoms with Crippen LogP contribution in [0.4, 0.5) is 13.2 Å². The van der Waals surface area contributed by atoms with Crippen molar-refractivity contribution >= 4 is 16.9 Å². The molecule has 0 spiro atoms. The molecule has 1 unspecified atom stereocenters. The summed E-state index contributed by atoms with van der Waals surface area (Å²) >= 11 is 1.20. The van der Waals surface area contributed by atoms with Crippen LogP contribution in [0.1, 0.15) is 6.42 Å². The maximum Gasteiger partial charge on any atom is 0.417 e. The lowest BCUT2D eigenvalue weighted by Gasteiger charge is -2.37. The van der Waals surface area contributed by atoms with Crippen molar-refractivity contribution in [2.24, 2.45) is 4.99 Å². The lowest BCUT2D eigenvalue weighted by Crippen LogP contribution is -2.54. The van der Waals surface area contributed by atoms with Crippen molar-refractivity contribution in [3.63, 3.8) is 0 Å². The molecule has 2 N–H and O–H groups in total. The molecule has 110 valence electrons. The third-order valence-electron chi connectivity index (χ3n) is 2.99. The summed E-state index contributed by atoms with van der Waals surface area (Å²) in [7, 11) is 3.53. The molecule has 2 heterocycles. The third kappa shape index (κ3) is 2.99. The summed E-state index contributed by atoms with van der Waals surface area (Å²) in [5.41, 5.74) is -0.595. The van der Waals surface area contributed by atoms with E-state index in [0.717, 1.165) is 0 Å². The fourth-order valence-electron chi connectivity index (χ4n) is 2.02. The van der Waals surface area contributed by atoms with Crippen LogP contribution < -0.4 is 0 Å². The smallest absolute Gasteiger partial charge is 0.390 e. The number of aliphatic imine (C=N–C) groups is 1. The quantitative estimate of drug-likeness (QED) is 0.735. The first-order chi connectivity index (χ1) is 8.70. The van der Waals surface area contributed by atoms with Gasteiger partial charge < -0.3 is 19.8 Å². The van der Waals surface area contributed by atoms with Gasteiger partial charge in [0.05, 0.1) is 12.1 Å². The van der Waals surface area contributed by atoms with E-state index in [1.807, 2.05) is 0 Å². The number of aliphatic hydroxyl groups excluding tert-OH is 2. The van der Waals surface area contributed by atoms with Crippen molar-refractivity contribution in [2.75, 3.05) is 14.1 Å². The molecule has 0 aliphatic carbocycles. The van der Waals surface area contributed by atoms with E-state index in [2.05, 4.69) is 4.99 Å². The number of hydrogen-bond acceptors (Lipinski definition) is 6. The van der Waals surface area contributed by atoms with Crippen molar-refractivity contribution in [3.05, 3.63) is 0 Å². The Balaban J connectivity index is 2.07. The van der Waals surface area contributed by atoms with E-state index in [4.69, 9.17) is 4.74 Å². The Kier molecular flexibility index (Phi) is 4.01. The summed E-state index contributed by atoms with van der Waals surface area (Å²) < 4.78 is 42.6. The summed E-state index contributed by atoms with van der Waals surface area (Å²) in [5.74, 6) is 0. The van der Waals surface area contributed by atoms with Gasteiger partial charge >= 0.3 is 6.18 Å². The molecule has 2 aliphatic heterocycles. The molecule has 19 heavy (non-hydrogen) atoms. The highest BCUT2D eigenvalue weighted by Crippen LogP contribution is 2.39. The molecule has 0 amide bonds. The number of nitrogens with zero attached hydrogens (tertiary/aromatic N) is 2. The summed E-state index contributed by atoms with van der Waals surface area (Å²) in [6.07, 6.45) is -10.5. The van der Waals surface area contributed by atoms with Crippen LogP contribution >= 0.6 is 11.8 Å². The van der Waals surface area contributed by atoms with E-state index >= 15 is 0 Å². The van der Waals surface area contributed by atoms with E-state index < -0.39 is 29.9 Å². The Morgan fingerprint density at radius 2 is 2.11 bits per heavy atom. The normalized spacial score (nSPS) is 36.7. The second kappa shape index (κ2) is 5.12. The minimum absolute atomic E-state index is 0.0484. The standard InChI is InChI=1S/C10H15F3N2O3S/c1-15(2)9-14-4-3-5(16)6(18-8(4)19-9)7(17)10(11,12)13/h4-8,16-17H,3H2,1-2H3/t4-,5+,6?,7-,8-/m1/s1. The number of hydrogen-bond donors (Lipinski definition) is 2. The van der Waals surface area contributed by atoms with Gasteiger partial charge in [-0.1, -0.05) is 11.8 Å². The Labute approximate surface area is 112 Å². The largest absolute Gasteiger partial charge is 0.417 e. The molecule has 0 aromatic carbocycles. The predicted octanol–water partition coefficient (Wildman–Crippen LogP) is 0.418. The molecule has 0 saturated carbocycles. The number of fused-ring (bicyclic) bond motifs is 1. The summed E-state index contributed by atoms with van der Waals surface area (Å²) in [5, 5.41) is 19.5. The van der Waals surface area contributed by atoms with Gasteiger partial charge in [0.25, 0.3) is 0 Å². The zero-order valence-electron chi connectivity index (χ0n) is 10.3. The molecule has 5 atom stereocenters. The Morgan fingerprint density at radius 1 is 1.47 bits per heavy atom. The SMILES string of the molecule is CN(C)C1=N[C@@H]2C[C@H](O)C([C@@H](O)C(F)(F)F)O[C@@H]2S1. The molecule has 2 aliphatic rings. The zero-order chi connectivity index (χ0) is 14.4. The average molecular weight is 300 g/mol. The number of ether oxygens (including phenoxy) is 1. The van der Waals surface area contributed by atoms with E-state index in [-0.39, 0.29) is 12.5 Å². The molecule has 0 aromatic heterocycles. The summed E-state index contributed by atoms with van der Waals surface area (Å²) in [6.45, 7) is 0. The first kappa shape index (κ1) is 14.9. The van der Waals surface area contributed by atoms with Crippen LogP contribution in [0.2, 0.25) is 0 Å². The van der Waals surface area contributed by atoms with Crippen molar-refractivity contribution in [3.8, 4) is 0 Å². The minimum Gasteiger partial charge on any atom is -0.390 e. The number of alkyl halides is 3. The van der Waals surface area contributed by atoms with E-state index in [0.29, 0.717) is 5.17 Å². The van der Waals surface area contributed by atoms with E-state index in [9.17, 15) is 23.4 Å². The second-order valence-electron chi connectivity index (χ2n) is 4.75. The van der Waals surface area contributed by atoms with Crippen LogP contribution in [0.5, 0.6) is 0 Å². The molecule has 9 heteroatoms. The zero-order valence-corrected chi connectivity index (χ0v) is 11.1. The Hall–Kier alpha value is -0.510. The predicted molar refractivity (Wildman–Crippen MR) is 63.8 cm³/mol. The fourth-order valence-corrected chi connectivity index (χ4v) is 3.14. The highest BCUT2D eigenvalue weighted by molar-refractivity contribution is 8.14. The maximum absolute atomic E-state index is 12.5. The van der Waals surface area contributed by atoms with E-state index in [1.54, 1.807) is 19.0 Å². The van der Waals surface area contributed by atoms with Gasteiger partial charge in [-0.15, -0.1) is 0 Å². The Bertz CT molecular complexity index is 378. The van der Waals surface area contributed by atoms with Crippen LogP contribution in [0.25, 0.3) is 0 Å². The average Bonchev–Trinajstić information content (AvgIpc) is 2.68. The summed E-state index contributed by atoms with van der Waals surface area (Å²) in [4.78, 5) is 6.00. The molecule has 0 radical (unpaired) electrons. The molecule has 0 bridgehead atoms. The molecular formula is C10H15F3N2O3S. The van der Waals surface area contributed by atoms with Crippen LogP contribution in [0.3, 0.4) is 0 Å². The summed E-state index contributed by atoms with van der Waals surface area (Å²) in [6, 6.07) is -0.380. The van der Waals surface area contributed by atoms with Crippen molar-refractivity contribution < 1.29 is 28.1 Å². The number of halogens is 3. The lowest BCUT2D eigenvalue weighted by molar-refractivity contribution is -0.260. The third-order valence-corrected chi connectivity index (χ3v) is 4.33. The fraction of sp³-hybridized carbons (Fsp3) is 0.900. The van der Waals surface area contributed by atoms with Gasteiger partial charge in [-0.25, -0.2) is 0 Å². The molecular weight excluding hydrogens is 285 g/mol. The molecule has 5 nitrogen and oxygen atoms in total. The molecule has 1 fully saturated rings. The van der Waals surface area contributed by atoms with Crippen molar-refractivity contribution in [1.82, 2.24) is 4.90 Å². The van der Waals surface area contributed by atoms with Gasteiger partial charge in [0.2, 0.25) is 0 Å². The van der Waals surface area contributed by atoms with Gasteiger partial charge in [0.1, 0.15) is 11.5 Å². The number of aliphatic hydroxyl groups is 2. The maximum atomic E-state index is 12.5. The number of rotatable bonds is 1. The van der Waals surface area contributed by atoms with Crippen LogP contribution in [-0.4, -0.2) is 70.3 Å². The van der Waals surface area contributed by atoms with Crippen LogP contribution in [-0.2, 0) is 4.74 Å². The monoisotopic (exact) mass is 300 g/mol. The van der Waals surface area contributed by atoms with Gasteiger partial charge in [0, 0.05) is 20.5 Å². The van der Waals surface area contributed by atoms with Crippen molar-refractivity contribution in [1.29, 1.82) is 0 Å². The first-order valence-corrected chi connectivity index (χ1v) is 6.58. The first-order valence-electron chi connectivity index (χ1n) is 5.70. The topological polar surface area (TPSA) is 65.3 Å². The molecule has 0 aromatic rings. The lowest BCUT2D eigenvalue weighted by atomic mass is 9.97. The van der Waals surface area contributed by atoms with Gasteiger partial charge in [-0.3, -0.25) is 4.99 Å². The highest BCUT2D eigenvalue weighted by atomic mass is 32.2. The number of thioether (sulfide) groups is 1. The van der Waals surface area contributed by atoms with Gasteiger partial charge in [-0.2, -0.15) is 13.2 Å². The molecule has 2 rings (SSSR count).